The predicted octanol–water partition coefficient (Wildman–Crippen LogP) is 1.66. The Labute approximate surface area is 91.6 Å². The number of anilines is 1. The van der Waals surface area contributed by atoms with Crippen molar-refractivity contribution in [3.8, 4) is 0 Å². The van der Waals surface area contributed by atoms with Crippen molar-refractivity contribution in [2.24, 2.45) is 0 Å². The topological polar surface area (TPSA) is 46.2 Å². The predicted molar refractivity (Wildman–Crippen MR) is 60.2 cm³/mol. The van der Waals surface area contributed by atoms with Gasteiger partial charge >= 0.3 is 0 Å². The Kier molecular flexibility index (Phi) is 2.53. The molecule has 1 aliphatic heterocycles. The highest BCUT2D eigenvalue weighted by molar-refractivity contribution is 9.10. The number of sulfone groups is 1. The molecule has 2 rings (SSSR count). The molecule has 1 aromatic rings. The van der Waals surface area contributed by atoms with Crippen LogP contribution in [0.25, 0.3) is 0 Å². The van der Waals surface area contributed by atoms with Crippen LogP contribution in [0.5, 0.6) is 0 Å². The molecule has 0 saturated carbocycles. The highest BCUT2D eigenvalue weighted by atomic mass is 79.9. The Morgan fingerprint density at radius 1 is 1.36 bits per heavy atom. The quantitative estimate of drug-likeness (QED) is 0.893. The molecule has 14 heavy (non-hydrogen) atoms. The molecule has 0 unspecified atom stereocenters. The SMILES string of the molecule is O=S1(=O)CC(Nc2cccc(Br)c2)C1. The van der Waals surface area contributed by atoms with Crippen LogP contribution in [0.3, 0.4) is 0 Å². The van der Waals surface area contributed by atoms with E-state index in [0.29, 0.717) is 0 Å². The lowest BCUT2D eigenvalue weighted by Crippen LogP contribution is -2.46. The summed E-state index contributed by atoms with van der Waals surface area (Å²) in [6.07, 6.45) is 0. The van der Waals surface area contributed by atoms with E-state index in [1.165, 1.54) is 0 Å². The first-order valence-corrected chi connectivity index (χ1v) is 6.89. The third-order valence-electron chi connectivity index (χ3n) is 2.11. The van der Waals surface area contributed by atoms with E-state index in [1.807, 2.05) is 24.3 Å². The summed E-state index contributed by atoms with van der Waals surface area (Å²) >= 11 is 3.36. The van der Waals surface area contributed by atoms with Gasteiger partial charge in [0.1, 0.15) is 0 Å². The van der Waals surface area contributed by atoms with Gasteiger partial charge in [-0.05, 0) is 18.2 Å². The highest BCUT2D eigenvalue weighted by Crippen LogP contribution is 2.20. The van der Waals surface area contributed by atoms with Crippen molar-refractivity contribution in [3.63, 3.8) is 0 Å². The van der Waals surface area contributed by atoms with Gasteiger partial charge in [0, 0.05) is 10.2 Å². The van der Waals surface area contributed by atoms with Crippen molar-refractivity contribution < 1.29 is 8.42 Å². The molecule has 0 radical (unpaired) electrons. The van der Waals surface area contributed by atoms with Gasteiger partial charge in [-0.2, -0.15) is 0 Å². The normalized spacial score (nSPS) is 20.1. The number of rotatable bonds is 2. The van der Waals surface area contributed by atoms with E-state index in [2.05, 4.69) is 21.2 Å². The van der Waals surface area contributed by atoms with Crippen molar-refractivity contribution in [1.29, 1.82) is 0 Å². The van der Waals surface area contributed by atoms with Crippen LogP contribution in [-0.4, -0.2) is 26.0 Å². The lowest BCUT2D eigenvalue weighted by molar-refractivity contribution is 0.570. The van der Waals surface area contributed by atoms with E-state index in [1.54, 1.807) is 0 Å². The van der Waals surface area contributed by atoms with Gasteiger partial charge in [-0.3, -0.25) is 0 Å². The van der Waals surface area contributed by atoms with Crippen LogP contribution in [-0.2, 0) is 9.84 Å². The Hall–Kier alpha value is -0.550. The van der Waals surface area contributed by atoms with Crippen molar-refractivity contribution in [1.82, 2.24) is 0 Å². The fourth-order valence-corrected chi connectivity index (χ4v) is 3.16. The summed E-state index contributed by atoms with van der Waals surface area (Å²) in [6, 6.07) is 7.79. The van der Waals surface area contributed by atoms with E-state index in [0.717, 1.165) is 10.2 Å². The summed E-state index contributed by atoms with van der Waals surface area (Å²) in [4.78, 5) is 0. The van der Waals surface area contributed by atoms with Gasteiger partial charge < -0.3 is 5.32 Å². The lowest BCUT2D eigenvalue weighted by Gasteiger charge is -2.27. The highest BCUT2D eigenvalue weighted by Gasteiger charge is 2.32. The molecule has 1 fully saturated rings. The minimum atomic E-state index is -2.74. The molecule has 0 aliphatic carbocycles. The van der Waals surface area contributed by atoms with Gasteiger partial charge in [0.05, 0.1) is 17.5 Å². The molecule has 76 valence electrons. The maximum atomic E-state index is 10.9. The molecule has 0 atom stereocenters. The minimum Gasteiger partial charge on any atom is -0.380 e. The van der Waals surface area contributed by atoms with Crippen molar-refractivity contribution >= 4 is 31.5 Å². The maximum Gasteiger partial charge on any atom is 0.154 e. The Morgan fingerprint density at radius 2 is 2.07 bits per heavy atom. The second kappa shape index (κ2) is 3.55. The Morgan fingerprint density at radius 3 is 2.64 bits per heavy atom. The van der Waals surface area contributed by atoms with Crippen LogP contribution in [0.2, 0.25) is 0 Å². The zero-order valence-electron chi connectivity index (χ0n) is 7.40. The fourth-order valence-electron chi connectivity index (χ4n) is 1.46. The molecule has 1 heterocycles. The van der Waals surface area contributed by atoms with Crippen LogP contribution >= 0.6 is 15.9 Å². The van der Waals surface area contributed by atoms with E-state index in [9.17, 15) is 8.42 Å². The number of hydrogen-bond donors (Lipinski definition) is 1. The van der Waals surface area contributed by atoms with Crippen LogP contribution in [0.4, 0.5) is 5.69 Å². The van der Waals surface area contributed by atoms with E-state index >= 15 is 0 Å². The number of benzene rings is 1. The first kappa shape index (κ1) is 9.98. The van der Waals surface area contributed by atoms with Crippen molar-refractivity contribution in [3.05, 3.63) is 28.7 Å². The minimum absolute atomic E-state index is 0.0781. The van der Waals surface area contributed by atoms with Crippen LogP contribution in [0.1, 0.15) is 0 Å². The standard InChI is InChI=1S/C9H10BrNO2S/c10-7-2-1-3-8(4-7)11-9-5-14(12,13)6-9/h1-4,9,11H,5-6H2. The number of nitrogens with one attached hydrogen (secondary N) is 1. The average molecular weight is 276 g/mol. The summed E-state index contributed by atoms with van der Waals surface area (Å²) < 4.78 is 22.8. The van der Waals surface area contributed by atoms with Gasteiger partial charge in [0.15, 0.2) is 9.84 Å². The third kappa shape index (κ3) is 2.27. The first-order valence-electron chi connectivity index (χ1n) is 4.28. The van der Waals surface area contributed by atoms with Crippen molar-refractivity contribution in [2.45, 2.75) is 6.04 Å². The average Bonchev–Trinajstić information content (AvgIpc) is 2.00. The first-order chi connectivity index (χ1) is 6.55. The molecule has 0 aromatic heterocycles. The molecular formula is C9H10BrNO2S. The molecular weight excluding hydrogens is 266 g/mol. The van der Waals surface area contributed by atoms with Crippen LogP contribution < -0.4 is 5.32 Å². The molecule has 5 heteroatoms. The molecule has 1 aliphatic rings. The largest absolute Gasteiger partial charge is 0.380 e. The maximum absolute atomic E-state index is 10.9. The second-order valence-electron chi connectivity index (χ2n) is 3.43. The molecule has 0 spiro atoms. The zero-order chi connectivity index (χ0) is 10.2. The summed E-state index contributed by atoms with van der Waals surface area (Å²) in [5.74, 6) is 0.499. The number of hydrogen-bond acceptors (Lipinski definition) is 3. The van der Waals surface area contributed by atoms with Gasteiger partial charge in [0.2, 0.25) is 0 Å². The van der Waals surface area contributed by atoms with E-state index < -0.39 is 9.84 Å². The lowest BCUT2D eigenvalue weighted by atomic mass is 10.3. The monoisotopic (exact) mass is 275 g/mol. The molecule has 0 bridgehead atoms. The van der Waals surface area contributed by atoms with Crippen molar-refractivity contribution in [2.75, 3.05) is 16.8 Å². The molecule has 1 saturated heterocycles. The Bertz CT molecular complexity index is 432. The molecule has 1 N–H and O–H groups in total. The fraction of sp³-hybridized carbons (Fsp3) is 0.333. The van der Waals surface area contributed by atoms with Gasteiger partial charge in [-0.1, -0.05) is 22.0 Å². The van der Waals surface area contributed by atoms with Crippen LogP contribution in [0.15, 0.2) is 28.7 Å². The molecule has 0 amide bonds. The third-order valence-corrected chi connectivity index (χ3v) is 4.42. The smallest absolute Gasteiger partial charge is 0.154 e. The van der Waals surface area contributed by atoms with Gasteiger partial charge in [-0.25, -0.2) is 8.42 Å². The number of halogens is 1. The second-order valence-corrected chi connectivity index (χ2v) is 6.50. The van der Waals surface area contributed by atoms with Gasteiger partial charge in [-0.15, -0.1) is 0 Å². The van der Waals surface area contributed by atoms with Crippen LogP contribution in [0, 0.1) is 0 Å². The summed E-state index contributed by atoms with van der Waals surface area (Å²) in [5.41, 5.74) is 0.958. The zero-order valence-corrected chi connectivity index (χ0v) is 9.81. The van der Waals surface area contributed by atoms with Gasteiger partial charge in [0.25, 0.3) is 0 Å². The summed E-state index contributed by atoms with van der Waals surface area (Å²) in [7, 11) is -2.74. The summed E-state index contributed by atoms with van der Waals surface area (Å²) in [6.45, 7) is 0. The van der Waals surface area contributed by atoms with E-state index in [4.69, 9.17) is 0 Å². The Balaban J connectivity index is 2.00. The van der Waals surface area contributed by atoms with E-state index in [-0.39, 0.29) is 17.5 Å². The summed E-state index contributed by atoms with van der Waals surface area (Å²) in [5, 5.41) is 3.17. The molecule has 3 nitrogen and oxygen atoms in total. The molecule has 1 aromatic carbocycles.